The molecule has 0 atom stereocenters. The number of nitriles is 1. The second kappa shape index (κ2) is 21.1. The van der Waals surface area contributed by atoms with E-state index in [2.05, 4.69) is 6.58 Å². The zero-order chi connectivity index (χ0) is 25.8. The van der Waals surface area contributed by atoms with Crippen LogP contribution in [0.2, 0.25) is 5.02 Å². The normalized spacial score (nSPS) is 9.81. The van der Waals surface area contributed by atoms with Gasteiger partial charge in [0.2, 0.25) is 0 Å². The van der Waals surface area contributed by atoms with E-state index in [1.54, 1.807) is 32.1 Å². The zero-order valence-electron chi connectivity index (χ0n) is 21.9. The maximum absolute atomic E-state index is 11.3. The zero-order valence-corrected chi connectivity index (χ0v) is 22.6. The summed E-state index contributed by atoms with van der Waals surface area (Å²) in [5.74, 6) is 0.245. The standard InChI is InChI=1S/C12H20O2.C8H6ClN.C3H6.2C2H6/c1-8(9(2)10(3)13)7-12(5,6)11(4)14;1-6-2-3-7(5-10)8(9)4-6;1-3-2;2*1-2/h7H2,1-6H3;2-4H,1H3;3H,1H2,2H3;2*1-2H3/b9-8-;;;;. The molecule has 0 aromatic heterocycles. The molecule has 1 aromatic rings. The topological polar surface area (TPSA) is 57.9 Å². The highest BCUT2D eigenvalue weighted by atomic mass is 35.5. The molecule has 0 saturated carbocycles. The van der Waals surface area contributed by atoms with Gasteiger partial charge in [-0.2, -0.15) is 5.26 Å². The Morgan fingerprint density at radius 1 is 1.10 bits per heavy atom. The molecule has 4 heteroatoms. The molecule has 0 heterocycles. The van der Waals surface area contributed by atoms with Crippen molar-refractivity contribution in [3.63, 3.8) is 0 Å². The summed E-state index contributed by atoms with van der Waals surface area (Å²) >= 11 is 5.71. The first kappa shape index (κ1) is 36.2. The lowest BCUT2D eigenvalue weighted by molar-refractivity contribution is -0.124. The maximum atomic E-state index is 11.3. The van der Waals surface area contributed by atoms with Gasteiger partial charge in [0.1, 0.15) is 11.9 Å². The highest BCUT2D eigenvalue weighted by Gasteiger charge is 2.24. The van der Waals surface area contributed by atoms with E-state index in [0.29, 0.717) is 17.0 Å². The number of Topliss-reactive ketones (excluding diaryl/α,β-unsaturated/α-hetero) is 2. The van der Waals surface area contributed by atoms with Crippen LogP contribution in [-0.2, 0) is 9.59 Å². The van der Waals surface area contributed by atoms with Gasteiger partial charge >= 0.3 is 0 Å². The second-order valence-corrected chi connectivity index (χ2v) is 7.49. The molecule has 31 heavy (non-hydrogen) atoms. The third-order valence-corrected chi connectivity index (χ3v) is 4.39. The molecule has 176 valence electrons. The average molecular weight is 450 g/mol. The molecule has 0 bridgehead atoms. The van der Waals surface area contributed by atoms with Gasteiger partial charge < -0.3 is 0 Å². The number of carbonyl (C=O) groups excluding carboxylic acids is 2. The smallest absolute Gasteiger partial charge is 0.155 e. The van der Waals surface area contributed by atoms with Crippen LogP contribution in [0.3, 0.4) is 0 Å². The molecule has 0 saturated heterocycles. The van der Waals surface area contributed by atoms with Crippen molar-refractivity contribution in [1.29, 1.82) is 5.26 Å². The molecule has 0 aliphatic heterocycles. The molecule has 0 fully saturated rings. The number of rotatable bonds is 4. The molecule has 0 aliphatic rings. The number of carbonyl (C=O) groups is 2. The summed E-state index contributed by atoms with van der Waals surface area (Å²) in [6.45, 7) is 25.9. The number of nitrogens with zero attached hydrogens (tertiary/aromatic N) is 1. The number of ketones is 2. The average Bonchev–Trinajstić information content (AvgIpc) is 2.71. The third kappa shape index (κ3) is 18.3. The number of hydrogen-bond acceptors (Lipinski definition) is 3. The van der Waals surface area contributed by atoms with Crippen LogP contribution in [0.25, 0.3) is 0 Å². The molecule has 0 unspecified atom stereocenters. The number of allylic oxidation sites excluding steroid dienone is 3. The van der Waals surface area contributed by atoms with Crippen LogP contribution in [0, 0.1) is 23.7 Å². The molecule has 1 rings (SSSR count). The van der Waals surface area contributed by atoms with Gasteiger partial charge in [-0.25, -0.2) is 0 Å². The highest BCUT2D eigenvalue weighted by Crippen LogP contribution is 2.27. The molecule has 0 N–H and O–H groups in total. The summed E-state index contributed by atoms with van der Waals surface area (Å²) in [5.41, 5.74) is 3.04. The van der Waals surface area contributed by atoms with Crippen molar-refractivity contribution in [3.05, 3.63) is 58.1 Å². The van der Waals surface area contributed by atoms with Gasteiger partial charge in [0, 0.05) is 5.41 Å². The predicted octanol–water partition coefficient (Wildman–Crippen LogP) is 8.68. The Morgan fingerprint density at radius 2 is 1.52 bits per heavy atom. The van der Waals surface area contributed by atoms with Crippen LogP contribution >= 0.6 is 11.6 Å². The molecule has 0 spiro atoms. The van der Waals surface area contributed by atoms with Crippen LogP contribution in [-0.4, -0.2) is 11.6 Å². The van der Waals surface area contributed by atoms with Crippen LogP contribution in [0.4, 0.5) is 0 Å². The molecule has 3 nitrogen and oxygen atoms in total. The SMILES string of the molecule is C=CC.CC.CC.CC(=O)/C(C)=C(/C)CC(C)(C)C(C)=O.Cc1ccc(C#N)c(Cl)c1. The first-order valence-electron chi connectivity index (χ1n) is 10.8. The van der Waals surface area contributed by atoms with E-state index in [-0.39, 0.29) is 17.0 Å². The number of aryl methyl sites for hydroxylation is 1. The maximum Gasteiger partial charge on any atom is 0.155 e. The van der Waals surface area contributed by atoms with E-state index in [1.165, 1.54) is 0 Å². The van der Waals surface area contributed by atoms with E-state index >= 15 is 0 Å². The Bertz CT molecular complexity index is 738. The molecular formula is C27H44ClNO2. The van der Waals surface area contributed by atoms with Crippen molar-refractivity contribution >= 4 is 23.2 Å². The number of benzene rings is 1. The first-order chi connectivity index (χ1) is 14.3. The summed E-state index contributed by atoms with van der Waals surface area (Å²) in [6.07, 6.45) is 2.41. The Labute approximate surface area is 197 Å². The van der Waals surface area contributed by atoms with Crippen molar-refractivity contribution in [2.24, 2.45) is 5.41 Å². The van der Waals surface area contributed by atoms with Crippen LogP contribution < -0.4 is 0 Å². The van der Waals surface area contributed by atoms with Gasteiger partial charge in [0.15, 0.2) is 5.78 Å². The fraction of sp³-hybridized carbons (Fsp3) is 0.519. The van der Waals surface area contributed by atoms with E-state index in [1.807, 2.05) is 81.4 Å². The first-order valence-corrected chi connectivity index (χ1v) is 11.1. The van der Waals surface area contributed by atoms with Crippen molar-refractivity contribution in [2.45, 2.75) is 89.5 Å². The van der Waals surface area contributed by atoms with E-state index in [0.717, 1.165) is 16.7 Å². The minimum absolute atomic E-state index is 0.0850. The lowest BCUT2D eigenvalue weighted by Crippen LogP contribution is -2.22. The number of halogens is 1. The molecule has 0 amide bonds. The van der Waals surface area contributed by atoms with Crippen molar-refractivity contribution in [1.82, 2.24) is 0 Å². The van der Waals surface area contributed by atoms with Crippen LogP contribution in [0.1, 0.15) is 93.7 Å². The highest BCUT2D eigenvalue weighted by molar-refractivity contribution is 6.31. The lowest BCUT2D eigenvalue weighted by Gasteiger charge is -2.22. The monoisotopic (exact) mass is 449 g/mol. The van der Waals surface area contributed by atoms with Crippen molar-refractivity contribution < 1.29 is 9.59 Å². The summed E-state index contributed by atoms with van der Waals surface area (Å²) in [5, 5.41) is 9.00. The van der Waals surface area contributed by atoms with E-state index in [4.69, 9.17) is 16.9 Å². The fourth-order valence-electron chi connectivity index (χ4n) is 1.93. The van der Waals surface area contributed by atoms with Gasteiger partial charge in [-0.15, -0.1) is 6.58 Å². The summed E-state index contributed by atoms with van der Waals surface area (Å²) in [7, 11) is 0. The summed E-state index contributed by atoms with van der Waals surface area (Å²) < 4.78 is 0. The molecule has 0 radical (unpaired) electrons. The third-order valence-electron chi connectivity index (χ3n) is 4.07. The van der Waals surface area contributed by atoms with E-state index in [9.17, 15) is 9.59 Å². The largest absolute Gasteiger partial charge is 0.299 e. The van der Waals surface area contributed by atoms with E-state index < -0.39 is 0 Å². The predicted molar refractivity (Wildman–Crippen MR) is 138 cm³/mol. The molecule has 1 aromatic carbocycles. The Kier molecular flexibility index (Phi) is 24.6. The Hall–Kier alpha value is -2.18. The van der Waals surface area contributed by atoms with Gasteiger partial charge in [-0.05, 0) is 71.2 Å². The Morgan fingerprint density at radius 3 is 1.81 bits per heavy atom. The van der Waals surface area contributed by atoms with Crippen LogP contribution in [0.5, 0.6) is 0 Å². The fourth-order valence-corrected chi connectivity index (χ4v) is 2.21. The summed E-state index contributed by atoms with van der Waals surface area (Å²) in [6, 6.07) is 7.35. The van der Waals surface area contributed by atoms with Crippen LogP contribution in [0.15, 0.2) is 42.0 Å². The van der Waals surface area contributed by atoms with Gasteiger partial charge in [-0.1, -0.05) is 70.9 Å². The quantitative estimate of drug-likeness (QED) is 0.341. The second-order valence-electron chi connectivity index (χ2n) is 7.08. The number of hydrogen-bond donors (Lipinski definition) is 0. The Balaban J connectivity index is -0.000000186. The van der Waals surface area contributed by atoms with Gasteiger partial charge in [0.25, 0.3) is 0 Å². The van der Waals surface area contributed by atoms with Gasteiger partial charge in [-0.3, -0.25) is 9.59 Å². The minimum atomic E-state index is -0.360. The summed E-state index contributed by atoms with van der Waals surface area (Å²) in [4.78, 5) is 22.4. The molecular weight excluding hydrogens is 406 g/mol. The van der Waals surface area contributed by atoms with Gasteiger partial charge in [0.05, 0.1) is 10.6 Å². The minimum Gasteiger partial charge on any atom is -0.299 e. The lowest BCUT2D eigenvalue weighted by atomic mass is 9.81. The van der Waals surface area contributed by atoms with Crippen molar-refractivity contribution in [3.8, 4) is 6.07 Å². The molecule has 0 aliphatic carbocycles. The van der Waals surface area contributed by atoms with Crippen molar-refractivity contribution in [2.75, 3.05) is 0 Å².